The van der Waals surface area contributed by atoms with Crippen molar-refractivity contribution in [2.45, 2.75) is 18.6 Å². The first kappa shape index (κ1) is 17.0. The van der Waals surface area contributed by atoms with Crippen LogP contribution in [0.25, 0.3) is 0 Å². The Hall–Kier alpha value is -1.79. The van der Waals surface area contributed by atoms with Crippen LogP contribution in [0.4, 0.5) is 5.69 Å². The zero-order valence-electron chi connectivity index (χ0n) is 13.4. The van der Waals surface area contributed by atoms with Gasteiger partial charge in [0.25, 0.3) is 5.91 Å². The Balaban J connectivity index is 1.52. The zero-order chi connectivity index (χ0) is 16.8. The lowest BCUT2D eigenvalue weighted by atomic mass is 10.1. The lowest BCUT2D eigenvalue weighted by molar-refractivity contribution is -0.117. The second kappa shape index (κ2) is 8.35. The van der Waals surface area contributed by atoms with Crippen LogP contribution in [-0.2, 0) is 10.5 Å². The number of carbonyl (C=O) groups excluding carboxylic acids is 2. The minimum absolute atomic E-state index is 0.0988. The molecule has 3 rings (SSSR count). The third-order valence-electron chi connectivity index (χ3n) is 3.87. The van der Waals surface area contributed by atoms with Crippen LogP contribution in [0, 0.1) is 0 Å². The summed E-state index contributed by atoms with van der Waals surface area (Å²) in [6, 6.07) is 11.5. The standard InChI is InChI=1S/C18H20N2O2S2/c21-17-8-3-10-20(17)16-7-2-1-6-15(16)18(22)19-9-12-23-13-14-5-4-11-24-14/h1-2,4-7,11H,3,8-10,12-13H2,(H,19,22). The van der Waals surface area contributed by atoms with E-state index in [-0.39, 0.29) is 11.8 Å². The van der Waals surface area contributed by atoms with E-state index in [4.69, 9.17) is 0 Å². The molecule has 24 heavy (non-hydrogen) atoms. The van der Waals surface area contributed by atoms with E-state index in [0.29, 0.717) is 25.1 Å². The van der Waals surface area contributed by atoms with Gasteiger partial charge >= 0.3 is 0 Å². The van der Waals surface area contributed by atoms with Gasteiger partial charge in [0, 0.05) is 35.9 Å². The SMILES string of the molecule is O=C(NCCSCc1cccs1)c1ccccc1N1CCCC1=O. The Morgan fingerprint density at radius 3 is 2.88 bits per heavy atom. The molecule has 2 amide bonds. The summed E-state index contributed by atoms with van der Waals surface area (Å²) in [5.41, 5.74) is 1.31. The van der Waals surface area contributed by atoms with Gasteiger partial charge in [0.05, 0.1) is 11.3 Å². The normalized spacial score (nSPS) is 14.2. The molecule has 4 nitrogen and oxygen atoms in total. The summed E-state index contributed by atoms with van der Waals surface area (Å²) in [6.45, 7) is 1.32. The largest absolute Gasteiger partial charge is 0.351 e. The second-order valence-corrected chi connectivity index (χ2v) is 7.69. The van der Waals surface area contributed by atoms with Crippen molar-refractivity contribution in [2.24, 2.45) is 0 Å². The maximum Gasteiger partial charge on any atom is 0.253 e. The molecule has 0 radical (unpaired) electrons. The van der Waals surface area contributed by atoms with Crippen molar-refractivity contribution >= 4 is 40.6 Å². The molecule has 1 saturated heterocycles. The predicted octanol–water partition coefficient (Wildman–Crippen LogP) is 3.54. The highest BCUT2D eigenvalue weighted by molar-refractivity contribution is 7.98. The molecule has 0 aliphatic carbocycles. The quantitative estimate of drug-likeness (QED) is 0.769. The minimum Gasteiger partial charge on any atom is -0.351 e. The Kier molecular flexibility index (Phi) is 5.93. The van der Waals surface area contributed by atoms with Crippen LogP contribution in [0.5, 0.6) is 0 Å². The van der Waals surface area contributed by atoms with Crippen molar-refractivity contribution in [3.63, 3.8) is 0 Å². The number of anilines is 1. The average molecular weight is 361 g/mol. The van der Waals surface area contributed by atoms with Gasteiger partial charge in [-0.2, -0.15) is 11.8 Å². The van der Waals surface area contributed by atoms with Crippen LogP contribution in [0.3, 0.4) is 0 Å². The third-order valence-corrected chi connectivity index (χ3v) is 5.94. The maximum absolute atomic E-state index is 12.5. The number of amides is 2. The molecule has 1 fully saturated rings. The molecule has 0 spiro atoms. The Morgan fingerprint density at radius 1 is 1.25 bits per heavy atom. The minimum atomic E-state index is -0.109. The van der Waals surface area contributed by atoms with Gasteiger partial charge < -0.3 is 10.2 Å². The van der Waals surface area contributed by atoms with Gasteiger partial charge in [0.15, 0.2) is 0 Å². The van der Waals surface area contributed by atoms with Crippen LogP contribution in [0.2, 0.25) is 0 Å². The predicted molar refractivity (Wildman–Crippen MR) is 101 cm³/mol. The summed E-state index contributed by atoms with van der Waals surface area (Å²) in [4.78, 5) is 27.5. The van der Waals surface area contributed by atoms with Gasteiger partial charge in [-0.3, -0.25) is 9.59 Å². The van der Waals surface area contributed by atoms with E-state index in [9.17, 15) is 9.59 Å². The fraction of sp³-hybridized carbons (Fsp3) is 0.333. The average Bonchev–Trinajstić information content (AvgIpc) is 3.26. The van der Waals surface area contributed by atoms with Gasteiger partial charge in [-0.05, 0) is 30.0 Å². The van der Waals surface area contributed by atoms with Gasteiger partial charge in [0.2, 0.25) is 5.91 Å². The summed E-state index contributed by atoms with van der Waals surface area (Å²) in [7, 11) is 0. The molecule has 126 valence electrons. The number of thioether (sulfide) groups is 1. The first-order chi connectivity index (χ1) is 11.8. The van der Waals surface area contributed by atoms with Crippen molar-refractivity contribution < 1.29 is 9.59 Å². The first-order valence-corrected chi connectivity index (χ1v) is 10.1. The number of carbonyl (C=O) groups is 2. The lowest BCUT2D eigenvalue weighted by Gasteiger charge is -2.19. The molecular weight excluding hydrogens is 340 g/mol. The molecule has 0 unspecified atom stereocenters. The highest BCUT2D eigenvalue weighted by Crippen LogP contribution is 2.25. The van der Waals surface area contributed by atoms with Crippen LogP contribution in [-0.4, -0.2) is 30.7 Å². The second-order valence-electron chi connectivity index (χ2n) is 5.55. The fourth-order valence-corrected chi connectivity index (χ4v) is 4.40. The number of nitrogens with one attached hydrogen (secondary N) is 1. The van der Waals surface area contributed by atoms with E-state index in [1.807, 2.05) is 30.0 Å². The van der Waals surface area contributed by atoms with Gasteiger partial charge in [-0.15, -0.1) is 11.3 Å². The number of benzene rings is 1. The Labute approximate surface area is 150 Å². The van der Waals surface area contributed by atoms with Gasteiger partial charge in [0.1, 0.15) is 0 Å². The Morgan fingerprint density at radius 2 is 2.12 bits per heavy atom. The van der Waals surface area contributed by atoms with Crippen LogP contribution < -0.4 is 10.2 Å². The molecule has 2 aromatic rings. The molecule has 0 atom stereocenters. The van der Waals surface area contributed by atoms with Crippen molar-refractivity contribution in [2.75, 3.05) is 23.7 Å². The molecular formula is C18H20N2O2S2. The zero-order valence-corrected chi connectivity index (χ0v) is 15.0. The molecule has 1 aromatic heterocycles. The Bertz CT molecular complexity index is 701. The van der Waals surface area contributed by atoms with Crippen molar-refractivity contribution in [1.82, 2.24) is 5.32 Å². The van der Waals surface area contributed by atoms with E-state index in [1.54, 1.807) is 22.3 Å². The summed E-state index contributed by atoms with van der Waals surface area (Å²) < 4.78 is 0. The lowest BCUT2D eigenvalue weighted by Crippen LogP contribution is -2.30. The highest BCUT2D eigenvalue weighted by atomic mass is 32.2. The van der Waals surface area contributed by atoms with E-state index in [0.717, 1.165) is 23.6 Å². The number of rotatable bonds is 7. The molecule has 2 heterocycles. The van der Waals surface area contributed by atoms with Gasteiger partial charge in [-0.25, -0.2) is 0 Å². The summed E-state index contributed by atoms with van der Waals surface area (Å²) >= 11 is 3.56. The number of hydrogen-bond acceptors (Lipinski definition) is 4. The molecule has 0 saturated carbocycles. The summed E-state index contributed by atoms with van der Waals surface area (Å²) in [5.74, 6) is 1.84. The molecule has 1 aliphatic rings. The number of nitrogens with zero attached hydrogens (tertiary/aromatic N) is 1. The van der Waals surface area contributed by atoms with Crippen LogP contribution in [0.1, 0.15) is 28.1 Å². The molecule has 6 heteroatoms. The van der Waals surface area contributed by atoms with Gasteiger partial charge in [-0.1, -0.05) is 18.2 Å². The highest BCUT2D eigenvalue weighted by Gasteiger charge is 2.25. The molecule has 1 N–H and O–H groups in total. The molecule has 1 aliphatic heterocycles. The van der Waals surface area contributed by atoms with Crippen molar-refractivity contribution in [3.05, 3.63) is 52.2 Å². The summed E-state index contributed by atoms with van der Waals surface area (Å²) in [5, 5.41) is 5.04. The van der Waals surface area contributed by atoms with Crippen LogP contribution in [0.15, 0.2) is 41.8 Å². The van der Waals surface area contributed by atoms with E-state index in [1.165, 1.54) is 4.88 Å². The monoisotopic (exact) mass is 360 g/mol. The first-order valence-electron chi connectivity index (χ1n) is 8.03. The van der Waals surface area contributed by atoms with Crippen molar-refractivity contribution in [1.29, 1.82) is 0 Å². The van der Waals surface area contributed by atoms with E-state index in [2.05, 4.69) is 22.8 Å². The maximum atomic E-state index is 12.5. The summed E-state index contributed by atoms with van der Waals surface area (Å²) in [6.07, 6.45) is 1.42. The number of para-hydroxylation sites is 1. The van der Waals surface area contributed by atoms with Crippen molar-refractivity contribution in [3.8, 4) is 0 Å². The molecule has 1 aromatic carbocycles. The third kappa shape index (κ3) is 4.19. The topological polar surface area (TPSA) is 49.4 Å². The van der Waals surface area contributed by atoms with E-state index >= 15 is 0 Å². The fourth-order valence-electron chi connectivity index (χ4n) is 2.70. The number of thiophene rings is 1. The molecule has 0 bridgehead atoms. The van der Waals surface area contributed by atoms with Crippen LogP contribution >= 0.6 is 23.1 Å². The smallest absolute Gasteiger partial charge is 0.253 e. The number of hydrogen-bond donors (Lipinski definition) is 1. The van der Waals surface area contributed by atoms with E-state index < -0.39 is 0 Å².